The van der Waals surface area contributed by atoms with E-state index in [-0.39, 0.29) is 17.2 Å². The average molecular weight is 343 g/mol. The number of aromatic carboxylic acids is 1. The number of aromatic nitrogens is 2. The zero-order chi connectivity index (χ0) is 17.1. The van der Waals surface area contributed by atoms with Gasteiger partial charge in [0.05, 0.1) is 29.5 Å². The first-order valence-corrected chi connectivity index (χ1v) is 9.20. The molecule has 1 saturated heterocycles. The van der Waals surface area contributed by atoms with Crippen molar-refractivity contribution in [3.05, 3.63) is 18.1 Å². The normalized spacial score (nSPS) is 19.2. The van der Waals surface area contributed by atoms with Gasteiger partial charge in [0.15, 0.2) is 15.5 Å². The Balaban J connectivity index is 2.11. The molecule has 0 aliphatic carbocycles. The van der Waals surface area contributed by atoms with Crippen molar-refractivity contribution >= 4 is 21.6 Å². The molecule has 1 aromatic heterocycles. The number of nitrogens with zero attached hydrogens (tertiary/aromatic N) is 3. The fourth-order valence-electron chi connectivity index (χ4n) is 2.71. The van der Waals surface area contributed by atoms with Crippen molar-refractivity contribution in [2.45, 2.75) is 25.4 Å². The van der Waals surface area contributed by atoms with E-state index >= 15 is 0 Å². The fourth-order valence-corrected chi connectivity index (χ4v) is 4.28. The molecular weight excluding hydrogens is 322 g/mol. The van der Waals surface area contributed by atoms with Gasteiger partial charge in [-0.1, -0.05) is 0 Å². The first kappa shape index (κ1) is 17.6. The number of ether oxygens (including phenoxy) is 1. The second-order valence-corrected chi connectivity index (χ2v) is 7.99. The highest BCUT2D eigenvalue weighted by molar-refractivity contribution is 7.91. The number of hydrogen-bond acceptors (Lipinski definition) is 7. The maximum absolute atomic E-state index is 11.7. The van der Waals surface area contributed by atoms with Crippen molar-refractivity contribution in [3.63, 3.8) is 0 Å². The number of carboxylic acids is 1. The van der Waals surface area contributed by atoms with E-state index in [1.807, 2.05) is 11.8 Å². The van der Waals surface area contributed by atoms with Crippen LogP contribution in [0.4, 0.5) is 5.82 Å². The first-order chi connectivity index (χ1) is 10.8. The molecular formula is C14H21N3O5S. The summed E-state index contributed by atoms with van der Waals surface area (Å²) in [5.74, 6) is -0.382. The van der Waals surface area contributed by atoms with E-state index in [1.165, 1.54) is 12.4 Å². The lowest BCUT2D eigenvalue weighted by Crippen LogP contribution is -2.49. The van der Waals surface area contributed by atoms with Crippen molar-refractivity contribution < 1.29 is 23.1 Å². The molecule has 0 bridgehead atoms. The Morgan fingerprint density at radius 3 is 2.48 bits per heavy atom. The van der Waals surface area contributed by atoms with Gasteiger partial charge in [0.2, 0.25) is 0 Å². The Morgan fingerprint density at radius 1 is 1.35 bits per heavy atom. The second-order valence-electron chi connectivity index (χ2n) is 5.69. The molecule has 1 fully saturated rings. The van der Waals surface area contributed by atoms with Gasteiger partial charge >= 0.3 is 5.97 Å². The van der Waals surface area contributed by atoms with Crippen LogP contribution in [0.1, 0.15) is 30.3 Å². The van der Waals surface area contributed by atoms with E-state index in [1.54, 1.807) is 7.05 Å². The van der Waals surface area contributed by atoms with Crippen LogP contribution in [0.25, 0.3) is 0 Å². The highest BCUT2D eigenvalue weighted by Crippen LogP contribution is 2.29. The molecule has 2 heterocycles. The van der Waals surface area contributed by atoms with Crippen LogP contribution in [-0.4, -0.2) is 66.8 Å². The van der Waals surface area contributed by atoms with E-state index in [0.717, 1.165) is 0 Å². The van der Waals surface area contributed by atoms with E-state index in [4.69, 9.17) is 9.84 Å². The molecule has 0 spiro atoms. The molecule has 0 amide bonds. The minimum absolute atomic E-state index is 0.116. The molecule has 1 N–H and O–H groups in total. The maximum atomic E-state index is 11.7. The van der Waals surface area contributed by atoms with Crippen LogP contribution in [-0.2, 0) is 14.6 Å². The molecule has 1 aliphatic rings. The van der Waals surface area contributed by atoms with Gasteiger partial charge in [-0.15, -0.1) is 0 Å². The number of carboxylic acid groups (broad SMARTS) is 1. The quantitative estimate of drug-likeness (QED) is 0.799. The summed E-state index contributed by atoms with van der Waals surface area (Å²) in [7, 11) is -1.18. The summed E-state index contributed by atoms with van der Waals surface area (Å²) >= 11 is 0. The molecule has 8 nitrogen and oxygen atoms in total. The number of rotatable bonds is 6. The predicted molar refractivity (Wildman–Crippen MR) is 84.5 cm³/mol. The van der Waals surface area contributed by atoms with Gasteiger partial charge in [0.1, 0.15) is 5.82 Å². The molecule has 0 aromatic carbocycles. The maximum Gasteiger partial charge on any atom is 0.356 e. The van der Waals surface area contributed by atoms with Gasteiger partial charge in [-0.05, 0) is 19.8 Å². The molecule has 128 valence electrons. The zero-order valence-electron chi connectivity index (χ0n) is 13.2. The molecule has 1 aromatic rings. The van der Waals surface area contributed by atoms with Crippen LogP contribution < -0.4 is 4.90 Å². The van der Waals surface area contributed by atoms with Crippen molar-refractivity contribution in [2.24, 2.45) is 0 Å². The summed E-state index contributed by atoms with van der Waals surface area (Å²) in [6, 6.07) is 0. The van der Waals surface area contributed by atoms with Crippen molar-refractivity contribution in [3.8, 4) is 0 Å². The number of likely N-dealkylation sites (N-methyl/N-ethyl adjacent to an activating group) is 1. The average Bonchev–Trinajstić information content (AvgIpc) is 2.51. The van der Waals surface area contributed by atoms with Crippen LogP contribution in [0.15, 0.2) is 12.4 Å². The Hall–Kier alpha value is -1.74. The Kier molecular flexibility index (Phi) is 5.20. The smallest absolute Gasteiger partial charge is 0.356 e. The molecule has 9 heteroatoms. The van der Waals surface area contributed by atoms with Crippen LogP contribution in [0.5, 0.6) is 0 Å². The van der Waals surface area contributed by atoms with Crippen molar-refractivity contribution in [1.82, 2.24) is 9.97 Å². The monoisotopic (exact) mass is 343 g/mol. The standard InChI is InChI=1S/C14H21N3O5S/c1-3-22-14(4-6-23(20,21)7-5-14)10-17(2)12-9-15-11(8-16-12)13(18)19/h8-9H,3-7,10H2,1-2H3,(H,18,19). The summed E-state index contributed by atoms with van der Waals surface area (Å²) in [6.07, 6.45) is 3.47. The highest BCUT2D eigenvalue weighted by atomic mass is 32.2. The van der Waals surface area contributed by atoms with Crippen LogP contribution in [0, 0.1) is 0 Å². The van der Waals surface area contributed by atoms with Crippen LogP contribution >= 0.6 is 0 Å². The molecule has 0 unspecified atom stereocenters. The lowest BCUT2D eigenvalue weighted by Gasteiger charge is -2.39. The summed E-state index contributed by atoms with van der Waals surface area (Å²) in [6.45, 7) is 2.85. The number of sulfone groups is 1. The summed E-state index contributed by atoms with van der Waals surface area (Å²) in [5, 5.41) is 8.84. The molecule has 0 radical (unpaired) electrons. The van der Waals surface area contributed by atoms with E-state index in [0.29, 0.717) is 31.8 Å². The minimum Gasteiger partial charge on any atom is -0.476 e. The number of hydrogen-bond donors (Lipinski definition) is 1. The number of anilines is 1. The largest absolute Gasteiger partial charge is 0.476 e. The molecule has 2 rings (SSSR count). The van der Waals surface area contributed by atoms with E-state index < -0.39 is 21.4 Å². The Labute approximate surface area is 135 Å². The third-order valence-electron chi connectivity index (χ3n) is 3.96. The third-order valence-corrected chi connectivity index (χ3v) is 5.61. The molecule has 1 aliphatic heterocycles. The van der Waals surface area contributed by atoms with Gasteiger partial charge in [-0.25, -0.2) is 23.2 Å². The van der Waals surface area contributed by atoms with Crippen LogP contribution in [0.3, 0.4) is 0 Å². The lowest BCUT2D eigenvalue weighted by molar-refractivity contribution is -0.0396. The molecule has 0 atom stereocenters. The molecule has 0 saturated carbocycles. The van der Waals surface area contributed by atoms with E-state index in [2.05, 4.69) is 9.97 Å². The van der Waals surface area contributed by atoms with Crippen molar-refractivity contribution in [1.29, 1.82) is 0 Å². The Morgan fingerprint density at radius 2 is 2.00 bits per heavy atom. The second kappa shape index (κ2) is 6.79. The van der Waals surface area contributed by atoms with Gasteiger partial charge < -0.3 is 14.7 Å². The SMILES string of the molecule is CCOC1(CN(C)c2cnc(C(=O)O)cn2)CCS(=O)(=O)CC1. The predicted octanol–water partition coefficient (Wildman–Crippen LogP) is 0.595. The topological polar surface area (TPSA) is 110 Å². The van der Waals surface area contributed by atoms with Gasteiger partial charge in [0.25, 0.3) is 0 Å². The van der Waals surface area contributed by atoms with Gasteiger partial charge in [-0.2, -0.15) is 0 Å². The molecule has 23 heavy (non-hydrogen) atoms. The van der Waals surface area contributed by atoms with E-state index in [9.17, 15) is 13.2 Å². The third kappa shape index (κ3) is 4.38. The lowest BCUT2D eigenvalue weighted by atomic mass is 9.95. The van der Waals surface area contributed by atoms with Gasteiger partial charge in [-0.3, -0.25) is 0 Å². The summed E-state index contributed by atoms with van der Waals surface area (Å²) in [4.78, 5) is 20.6. The van der Waals surface area contributed by atoms with Crippen LogP contribution in [0.2, 0.25) is 0 Å². The Bertz CT molecular complexity index is 645. The highest BCUT2D eigenvalue weighted by Gasteiger charge is 2.39. The minimum atomic E-state index is -2.98. The number of carbonyl (C=O) groups is 1. The fraction of sp³-hybridized carbons (Fsp3) is 0.643. The summed E-state index contributed by atoms with van der Waals surface area (Å²) < 4.78 is 29.2. The summed E-state index contributed by atoms with van der Waals surface area (Å²) in [5.41, 5.74) is -0.660. The zero-order valence-corrected chi connectivity index (χ0v) is 14.0. The first-order valence-electron chi connectivity index (χ1n) is 7.38. The van der Waals surface area contributed by atoms with Gasteiger partial charge in [0, 0.05) is 20.2 Å². The van der Waals surface area contributed by atoms with Crippen molar-refractivity contribution in [2.75, 3.05) is 36.6 Å².